The van der Waals surface area contributed by atoms with Crippen molar-refractivity contribution >= 4 is 35.7 Å². The first-order valence-corrected chi connectivity index (χ1v) is 10.8. The average molecular weight is 473 g/mol. The molecular weight excluding hydrogens is 436 g/mol. The molecule has 2 amide bonds. The van der Waals surface area contributed by atoms with Crippen molar-refractivity contribution in [1.82, 2.24) is 21.3 Å². The summed E-state index contributed by atoms with van der Waals surface area (Å²) in [6.45, 7) is 6.17. The molecule has 0 unspecified atom stereocenters. The molecule has 0 spiro atoms. The summed E-state index contributed by atoms with van der Waals surface area (Å²) in [6, 6.07) is -2.59. The third-order valence-electron chi connectivity index (χ3n) is 4.21. The fourth-order valence-corrected chi connectivity index (χ4v) is 2.68. The minimum absolute atomic E-state index is 0.0458. The largest absolute Gasteiger partial charge is 0.481 e. The maximum Gasteiger partial charge on any atom is 0.336 e. The van der Waals surface area contributed by atoms with Crippen LogP contribution in [-0.4, -0.2) is 72.5 Å². The molecule has 33 heavy (non-hydrogen) atoms. The molecule has 13 heteroatoms. The van der Waals surface area contributed by atoms with Crippen LogP contribution in [0.4, 0.5) is 0 Å². The minimum atomic E-state index is -1.40. The molecule has 0 radical (unpaired) electrons. The number of unbranched alkanes of at least 4 members (excludes halogenated alkanes) is 1. The number of carboxylic acid groups (broad SMARTS) is 1. The zero-order valence-corrected chi connectivity index (χ0v) is 19.4. The van der Waals surface area contributed by atoms with Crippen molar-refractivity contribution in [3.8, 4) is 0 Å². The molecule has 0 aliphatic carbocycles. The molecule has 188 valence electrons. The Balaban J connectivity index is 4.99. The van der Waals surface area contributed by atoms with Crippen LogP contribution in [0.25, 0.3) is 0 Å². The minimum Gasteiger partial charge on any atom is -0.481 e. The van der Waals surface area contributed by atoms with E-state index in [1.807, 2.05) is 0 Å². The maximum absolute atomic E-state index is 12.6. The normalized spacial score (nSPS) is 12.4. The Morgan fingerprint density at radius 3 is 2.27 bits per heavy atom. The van der Waals surface area contributed by atoms with Gasteiger partial charge in [0.25, 0.3) is 0 Å². The van der Waals surface area contributed by atoms with E-state index in [0.717, 1.165) is 0 Å². The number of rotatable bonds is 16. The Hall–Kier alpha value is -3.22. The van der Waals surface area contributed by atoms with E-state index in [9.17, 15) is 24.0 Å². The Labute approximate surface area is 193 Å². The number of carboxylic acids is 1. The monoisotopic (exact) mass is 472 g/mol. The second kappa shape index (κ2) is 16.4. The lowest BCUT2D eigenvalue weighted by Crippen LogP contribution is -2.54. The predicted molar refractivity (Wildman–Crippen MR) is 119 cm³/mol. The van der Waals surface area contributed by atoms with E-state index in [4.69, 9.17) is 21.0 Å². The summed E-state index contributed by atoms with van der Waals surface area (Å²) in [5.41, 5.74) is 5.15. The molecule has 13 nitrogen and oxygen atoms in total. The number of hydrogen-bond donors (Lipinski definition) is 7. The first-order chi connectivity index (χ1) is 15.5. The second-order valence-electron chi connectivity index (χ2n) is 7.78. The number of carbonyl (C=O) groups is 5. The van der Waals surface area contributed by atoms with Gasteiger partial charge in [0.15, 0.2) is 5.96 Å². The fourth-order valence-electron chi connectivity index (χ4n) is 2.68. The van der Waals surface area contributed by atoms with Crippen molar-refractivity contribution < 1.29 is 33.8 Å². The van der Waals surface area contributed by atoms with Gasteiger partial charge in [-0.2, -0.15) is 0 Å². The summed E-state index contributed by atoms with van der Waals surface area (Å²) in [5, 5.41) is 26.2. The number of likely N-dealkylation sites (N-methyl/N-ethyl adjacent to an activating group) is 1. The van der Waals surface area contributed by atoms with Gasteiger partial charge in [-0.1, -0.05) is 20.8 Å². The number of ether oxygens (including phenoxy) is 1. The number of guanidine groups is 1. The van der Waals surface area contributed by atoms with Crippen LogP contribution in [-0.2, 0) is 28.7 Å². The molecule has 0 saturated heterocycles. The van der Waals surface area contributed by atoms with Gasteiger partial charge in [-0.3, -0.25) is 24.6 Å². The first kappa shape index (κ1) is 29.8. The SMILES string of the molecule is CCNCC(=O)N[C@@H](CC(=O)O)C(=O)N[C@@H](CC(C)C)C(=O)OC(=O)CCCCNC(=N)N. The van der Waals surface area contributed by atoms with E-state index in [1.54, 1.807) is 20.8 Å². The zero-order valence-electron chi connectivity index (χ0n) is 19.4. The Morgan fingerprint density at radius 2 is 1.73 bits per heavy atom. The van der Waals surface area contributed by atoms with Crippen molar-refractivity contribution in [2.75, 3.05) is 19.6 Å². The van der Waals surface area contributed by atoms with Gasteiger partial charge in [0.1, 0.15) is 12.1 Å². The van der Waals surface area contributed by atoms with Crippen molar-refractivity contribution in [2.45, 2.75) is 65.0 Å². The Kier molecular flexibility index (Phi) is 14.8. The van der Waals surface area contributed by atoms with Gasteiger partial charge >= 0.3 is 17.9 Å². The molecule has 0 aliphatic rings. The van der Waals surface area contributed by atoms with Gasteiger partial charge < -0.3 is 36.8 Å². The van der Waals surface area contributed by atoms with Crippen LogP contribution >= 0.6 is 0 Å². The molecule has 8 N–H and O–H groups in total. The summed E-state index contributed by atoms with van der Waals surface area (Å²) >= 11 is 0. The second-order valence-corrected chi connectivity index (χ2v) is 7.78. The third-order valence-corrected chi connectivity index (χ3v) is 4.21. The third kappa shape index (κ3) is 15.3. The van der Waals surface area contributed by atoms with Crippen LogP contribution < -0.4 is 27.0 Å². The molecular formula is C20H36N6O7. The van der Waals surface area contributed by atoms with Gasteiger partial charge in [0, 0.05) is 13.0 Å². The van der Waals surface area contributed by atoms with Crippen LogP contribution in [0, 0.1) is 11.3 Å². The smallest absolute Gasteiger partial charge is 0.336 e. The van der Waals surface area contributed by atoms with Gasteiger partial charge in [-0.25, -0.2) is 4.79 Å². The summed E-state index contributed by atoms with van der Waals surface area (Å²) in [5.74, 6) is -4.72. The molecule has 0 aromatic rings. The van der Waals surface area contributed by atoms with Crippen LogP contribution in [0.5, 0.6) is 0 Å². The van der Waals surface area contributed by atoms with Crippen molar-refractivity contribution in [1.29, 1.82) is 5.41 Å². The molecule has 0 bridgehead atoms. The predicted octanol–water partition coefficient (Wildman–Crippen LogP) is -1.19. The van der Waals surface area contributed by atoms with Crippen LogP contribution in [0.15, 0.2) is 0 Å². The number of nitrogens with two attached hydrogens (primary N) is 1. The van der Waals surface area contributed by atoms with E-state index in [1.165, 1.54) is 0 Å². The molecule has 0 fully saturated rings. The lowest BCUT2D eigenvalue weighted by Gasteiger charge is -2.22. The first-order valence-electron chi connectivity index (χ1n) is 10.8. The van der Waals surface area contributed by atoms with Crippen molar-refractivity contribution in [3.63, 3.8) is 0 Å². The molecule has 0 rings (SSSR count). The molecule has 2 atom stereocenters. The standard InChI is InChI=1S/C20H36N6O7/c1-4-23-11-15(27)25-13(10-16(28)29)18(31)26-14(9-12(2)3)19(32)33-17(30)7-5-6-8-24-20(21)22/h12-14,23H,4-11H2,1-3H3,(H,25,27)(H,26,31)(H,28,29)(H4,21,22,24)/t13-,14-/m0/s1. The molecule has 0 aromatic carbocycles. The quantitative estimate of drug-likeness (QED) is 0.0469. The van der Waals surface area contributed by atoms with Gasteiger partial charge in [0.2, 0.25) is 11.8 Å². The topological polar surface area (TPSA) is 213 Å². The number of aliphatic carboxylic acids is 1. The fraction of sp³-hybridized carbons (Fsp3) is 0.700. The summed E-state index contributed by atoms with van der Waals surface area (Å²) < 4.78 is 4.84. The maximum atomic E-state index is 12.6. The summed E-state index contributed by atoms with van der Waals surface area (Å²) in [6.07, 6.45) is 0.340. The number of esters is 2. The van der Waals surface area contributed by atoms with E-state index in [2.05, 4.69) is 21.3 Å². The highest BCUT2D eigenvalue weighted by Crippen LogP contribution is 2.09. The van der Waals surface area contributed by atoms with E-state index >= 15 is 0 Å². The van der Waals surface area contributed by atoms with Crippen molar-refractivity contribution in [3.05, 3.63) is 0 Å². The Morgan fingerprint density at radius 1 is 1.06 bits per heavy atom. The van der Waals surface area contributed by atoms with Crippen LogP contribution in [0.3, 0.4) is 0 Å². The van der Waals surface area contributed by atoms with E-state index in [0.29, 0.717) is 25.9 Å². The zero-order chi connectivity index (χ0) is 25.4. The van der Waals surface area contributed by atoms with Gasteiger partial charge in [0.05, 0.1) is 13.0 Å². The molecule has 0 aromatic heterocycles. The molecule has 0 aliphatic heterocycles. The summed E-state index contributed by atoms with van der Waals surface area (Å²) in [4.78, 5) is 60.1. The van der Waals surface area contributed by atoms with E-state index < -0.39 is 48.2 Å². The van der Waals surface area contributed by atoms with E-state index in [-0.39, 0.29) is 31.3 Å². The van der Waals surface area contributed by atoms with Gasteiger partial charge in [-0.05, 0) is 31.7 Å². The highest BCUT2D eigenvalue weighted by atomic mass is 16.6. The Bertz CT molecular complexity index is 698. The number of amides is 2. The lowest BCUT2D eigenvalue weighted by molar-refractivity contribution is -0.162. The van der Waals surface area contributed by atoms with Crippen molar-refractivity contribution in [2.24, 2.45) is 11.7 Å². The number of nitrogens with one attached hydrogen (secondary N) is 5. The number of hydrogen-bond acceptors (Lipinski definition) is 8. The number of carbonyl (C=O) groups excluding carboxylic acids is 4. The molecule has 0 heterocycles. The summed E-state index contributed by atoms with van der Waals surface area (Å²) in [7, 11) is 0. The highest BCUT2D eigenvalue weighted by Gasteiger charge is 2.30. The molecule has 0 saturated carbocycles. The lowest BCUT2D eigenvalue weighted by atomic mass is 10.0. The van der Waals surface area contributed by atoms with Gasteiger partial charge in [-0.15, -0.1) is 0 Å². The average Bonchev–Trinajstić information content (AvgIpc) is 2.69. The van der Waals surface area contributed by atoms with Crippen LogP contribution in [0.1, 0.15) is 52.9 Å². The van der Waals surface area contributed by atoms with Crippen LogP contribution in [0.2, 0.25) is 0 Å². The highest BCUT2D eigenvalue weighted by molar-refractivity contribution is 5.95.